The van der Waals surface area contributed by atoms with Crippen LogP contribution in [-0.2, 0) is 4.79 Å². The largest absolute Gasteiger partial charge is 0.457 e. The molecule has 0 bridgehead atoms. The van der Waals surface area contributed by atoms with Gasteiger partial charge in [0.2, 0.25) is 0 Å². The first-order chi connectivity index (χ1) is 13.5. The summed E-state index contributed by atoms with van der Waals surface area (Å²) in [5.74, 6) is 1.00. The third-order valence-corrected chi connectivity index (χ3v) is 5.74. The number of benzene rings is 2. The minimum Gasteiger partial charge on any atom is -0.457 e. The molecule has 1 N–H and O–H groups in total. The van der Waals surface area contributed by atoms with Crippen LogP contribution in [0.15, 0.2) is 68.9 Å². The maximum Gasteiger partial charge on any atom is 0.264 e. The number of para-hydroxylation sites is 1. The van der Waals surface area contributed by atoms with Gasteiger partial charge in [-0.3, -0.25) is 4.79 Å². The highest BCUT2D eigenvalue weighted by atomic mass is 35.5. The topological polar surface area (TPSA) is 54.6 Å². The van der Waals surface area contributed by atoms with Gasteiger partial charge in [0.25, 0.3) is 5.91 Å². The van der Waals surface area contributed by atoms with E-state index in [1.165, 1.54) is 11.8 Å². The standard InChI is InChI=1S/C21H14Cl2N2O2S/c1-12-4-2-3-5-17(12)24-21-25-20(26)19(28-21)11-14-7-9-18(27-14)13-6-8-15(22)16(23)10-13/h2-11H,1H3,(H,24,25,26). The quantitative estimate of drug-likeness (QED) is 0.487. The van der Waals surface area contributed by atoms with E-state index < -0.39 is 0 Å². The Bertz CT molecular complexity index is 1130. The number of aryl methyl sites for hydroxylation is 1. The molecule has 0 unspecified atom stereocenters. The first-order valence-electron chi connectivity index (χ1n) is 8.40. The van der Waals surface area contributed by atoms with Gasteiger partial charge in [-0.2, -0.15) is 0 Å². The lowest BCUT2D eigenvalue weighted by atomic mass is 10.2. The summed E-state index contributed by atoms with van der Waals surface area (Å²) in [6, 6.07) is 16.7. The Labute approximate surface area is 176 Å². The molecule has 4 nitrogen and oxygen atoms in total. The molecule has 2 heterocycles. The van der Waals surface area contributed by atoms with Gasteiger partial charge >= 0.3 is 0 Å². The number of amidine groups is 1. The van der Waals surface area contributed by atoms with Gasteiger partial charge in [0.05, 0.1) is 20.6 Å². The molecule has 0 aliphatic carbocycles. The second kappa shape index (κ2) is 7.87. The first kappa shape index (κ1) is 18.9. The summed E-state index contributed by atoms with van der Waals surface area (Å²) >= 11 is 13.3. The first-order valence-corrected chi connectivity index (χ1v) is 9.97. The van der Waals surface area contributed by atoms with Crippen LogP contribution in [0.25, 0.3) is 17.4 Å². The molecule has 0 atom stereocenters. The SMILES string of the molecule is Cc1ccccc1N=C1NC(=O)C(=Cc2ccc(-c3ccc(Cl)c(Cl)c3)o2)S1. The van der Waals surface area contributed by atoms with Crippen molar-refractivity contribution in [3.63, 3.8) is 0 Å². The van der Waals surface area contributed by atoms with Crippen LogP contribution >= 0.6 is 35.0 Å². The van der Waals surface area contributed by atoms with Crippen molar-refractivity contribution in [1.29, 1.82) is 0 Å². The number of carbonyl (C=O) groups excluding carboxylic acids is 1. The lowest BCUT2D eigenvalue weighted by Gasteiger charge is -2.00. The average Bonchev–Trinajstić information content (AvgIpc) is 3.27. The van der Waals surface area contributed by atoms with Crippen LogP contribution in [0.4, 0.5) is 5.69 Å². The number of nitrogens with one attached hydrogen (secondary N) is 1. The number of nitrogens with zero attached hydrogens (tertiary/aromatic N) is 1. The van der Waals surface area contributed by atoms with E-state index in [-0.39, 0.29) is 5.91 Å². The third-order valence-electron chi connectivity index (χ3n) is 4.09. The molecule has 3 aromatic rings. The number of hydrogen-bond donors (Lipinski definition) is 1. The Morgan fingerprint density at radius 1 is 1.07 bits per heavy atom. The van der Waals surface area contributed by atoms with E-state index in [0.717, 1.165) is 16.8 Å². The molecule has 7 heteroatoms. The predicted octanol–water partition coefficient (Wildman–Crippen LogP) is 6.45. The fraction of sp³-hybridized carbons (Fsp3) is 0.0476. The summed E-state index contributed by atoms with van der Waals surface area (Å²) < 4.78 is 5.84. The van der Waals surface area contributed by atoms with Crippen molar-refractivity contribution in [3.05, 3.63) is 80.9 Å². The molecule has 0 radical (unpaired) electrons. The van der Waals surface area contributed by atoms with Crippen LogP contribution in [0, 0.1) is 6.92 Å². The van der Waals surface area contributed by atoms with Crippen LogP contribution < -0.4 is 5.32 Å². The number of thioether (sulfide) groups is 1. The Morgan fingerprint density at radius 3 is 2.68 bits per heavy atom. The zero-order valence-corrected chi connectivity index (χ0v) is 17.0. The Kier molecular flexibility index (Phi) is 5.31. The highest BCUT2D eigenvalue weighted by Gasteiger charge is 2.24. The van der Waals surface area contributed by atoms with Crippen molar-refractivity contribution in [2.24, 2.45) is 4.99 Å². The molecule has 1 amide bonds. The van der Waals surface area contributed by atoms with Crippen molar-refractivity contribution in [1.82, 2.24) is 5.32 Å². The van der Waals surface area contributed by atoms with Gasteiger partial charge in [0.1, 0.15) is 11.5 Å². The summed E-state index contributed by atoms with van der Waals surface area (Å²) in [5.41, 5.74) is 2.68. The van der Waals surface area contributed by atoms with E-state index in [4.69, 9.17) is 27.6 Å². The molecule has 2 aromatic carbocycles. The number of amides is 1. The van der Waals surface area contributed by atoms with Crippen LogP contribution in [0.3, 0.4) is 0 Å². The molecular weight excluding hydrogens is 415 g/mol. The molecule has 1 saturated heterocycles. The molecule has 1 aliphatic rings. The van der Waals surface area contributed by atoms with Gasteiger partial charge in [-0.25, -0.2) is 4.99 Å². The third kappa shape index (κ3) is 4.02. The van der Waals surface area contributed by atoms with E-state index in [9.17, 15) is 4.79 Å². The molecule has 140 valence electrons. The van der Waals surface area contributed by atoms with Crippen LogP contribution in [0.1, 0.15) is 11.3 Å². The van der Waals surface area contributed by atoms with Crippen LogP contribution in [0.5, 0.6) is 0 Å². The Hall–Kier alpha value is -2.47. The van der Waals surface area contributed by atoms with Crippen molar-refractivity contribution < 1.29 is 9.21 Å². The number of rotatable bonds is 3. The molecule has 0 saturated carbocycles. The lowest BCUT2D eigenvalue weighted by molar-refractivity contribution is -0.115. The minimum atomic E-state index is -0.204. The number of carbonyl (C=O) groups is 1. The molecule has 1 aromatic heterocycles. The molecule has 1 fully saturated rings. The lowest BCUT2D eigenvalue weighted by Crippen LogP contribution is -2.19. The number of aliphatic imine (C=N–C) groups is 1. The maximum absolute atomic E-state index is 12.3. The number of furan rings is 1. The molecule has 28 heavy (non-hydrogen) atoms. The average molecular weight is 429 g/mol. The fourth-order valence-electron chi connectivity index (χ4n) is 2.64. The predicted molar refractivity (Wildman–Crippen MR) is 116 cm³/mol. The molecule has 1 aliphatic heterocycles. The molecule has 0 spiro atoms. The maximum atomic E-state index is 12.3. The zero-order valence-electron chi connectivity index (χ0n) is 14.7. The Morgan fingerprint density at radius 2 is 1.89 bits per heavy atom. The number of hydrogen-bond acceptors (Lipinski definition) is 4. The summed E-state index contributed by atoms with van der Waals surface area (Å²) in [6.45, 7) is 1.98. The second-order valence-corrected chi connectivity index (χ2v) is 7.94. The smallest absolute Gasteiger partial charge is 0.264 e. The van der Waals surface area contributed by atoms with Crippen molar-refractivity contribution in [3.8, 4) is 11.3 Å². The fourth-order valence-corrected chi connectivity index (χ4v) is 3.76. The summed E-state index contributed by atoms with van der Waals surface area (Å²) in [4.78, 5) is 17.3. The van der Waals surface area contributed by atoms with Crippen LogP contribution in [-0.4, -0.2) is 11.1 Å². The highest BCUT2D eigenvalue weighted by Crippen LogP contribution is 2.32. The van der Waals surface area contributed by atoms with Gasteiger partial charge in [0.15, 0.2) is 5.17 Å². The summed E-state index contributed by atoms with van der Waals surface area (Å²) in [7, 11) is 0. The monoisotopic (exact) mass is 428 g/mol. The summed E-state index contributed by atoms with van der Waals surface area (Å²) in [5, 5.41) is 4.27. The van der Waals surface area contributed by atoms with E-state index >= 15 is 0 Å². The van der Waals surface area contributed by atoms with E-state index in [2.05, 4.69) is 10.3 Å². The van der Waals surface area contributed by atoms with Crippen molar-refractivity contribution in [2.75, 3.05) is 0 Å². The zero-order chi connectivity index (χ0) is 19.7. The normalized spacial score (nSPS) is 16.8. The van der Waals surface area contributed by atoms with Gasteiger partial charge < -0.3 is 9.73 Å². The Balaban J connectivity index is 1.56. The second-order valence-electron chi connectivity index (χ2n) is 6.10. The molecular formula is C21H14Cl2N2O2S. The van der Waals surface area contributed by atoms with Gasteiger partial charge in [0, 0.05) is 11.6 Å². The van der Waals surface area contributed by atoms with E-state index in [1.807, 2.05) is 43.3 Å². The van der Waals surface area contributed by atoms with E-state index in [0.29, 0.717) is 31.6 Å². The van der Waals surface area contributed by atoms with E-state index in [1.54, 1.807) is 24.3 Å². The number of halogens is 2. The highest BCUT2D eigenvalue weighted by molar-refractivity contribution is 8.18. The van der Waals surface area contributed by atoms with Crippen molar-refractivity contribution in [2.45, 2.75) is 6.92 Å². The summed E-state index contributed by atoms with van der Waals surface area (Å²) in [6.07, 6.45) is 1.70. The van der Waals surface area contributed by atoms with Crippen LogP contribution in [0.2, 0.25) is 10.0 Å². The molecule has 4 rings (SSSR count). The van der Waals surface area contributed by atoms with Crippen molar-refractivity contribution >= 4 is 57.8 Å². The van der Waals surface area contributed by atoms with Gasteiger partial charge in [-0.05, 0) is 60.6 Å². The minimum absolute atomic E-state index is 0.204. The van der Waals surface area contributed by atoms with Gasteiger partial charge in [-0.15, -0.1) is 0 Å². The van der Waals surface area contributed by atoms with Gasteiger partial charge in [-0.1, -0.05) is 41.4 Å².